The van der Waals surface area contributed by atoms with Crippen LogP contribution >= 0.6 is 0 Å². The summed E-state index contributed by atoms with van der Waals surface area (Å²) in [7, 11) is 1.70. The van der Waals surface area contributed by atoms with Crippen molar-refractivity contribution in [3.8, 4) is 5.75 Å². The fourth-order valence-corrected chi connectivity index (χ4v) is 3.85. The quantitative estimate of drug-likeness (QED) is 0.607. The summed E-state index contributed by atoms with van der Waals surface area (Å²) < 4.78 is 5.30. The molecule has 0 aliphatic heterocycles. The van der Waals surface area contributed by atoms with Gasteiger partial charge in [0.2, 0.25) is 0 Å². The van der Waals surface area contributed by atoms with Gasteiger partial charge in [-0.15, -0.1) is 0 Å². The number of hydrogen-bond acceptors (Lipinski definition) is 3. The highest BCUT2D eigenvalue weighted by Crippen LogP contribution is 2.37. The molecule has 1 N–H and O–H groups in total. The van der Waals surface area contributed by atoms with Gasteiger partial charge in [0.25, 0.3) is 0 Å². The van der Waals surface area contributed by atoms with Gasteiger partial charge in [-0.2, -0.15) is 0 Å². The van der Waals surface area contributed by atoms with Gasteiger partial charge in [-0.1, -0.05) is 26.8 Å². The van der Waals surface area contributed by atoms with E-state index < -0.39 is 0 Å². The Balaban J connectivity index is 1.88. The number of nitrogens with zero attached hydrogens (tertiary/aromatic N) is 1. The molecule has 4 rings (SSSR count). The molecule has 1 heterocycles. The number of anilines is 2. The van der Waals surface area contributed by atoms with E-state index >= 15 is 0 Å². The van der Waals surface area contributed by atoms with Gasteiger partial charge in [-0.05, 0) is 78.6 Å². The maximum absolute atomic E-state index is 5.30. The second-order valence-electron chi connectivity index (χ2n) is 8.45. The third-order valence-electron chi connectivity index (χ3n) is 5.49. The Morgan fingerprint density at radius 1 is 0.963 bits per heavy atom. The summed E-state index contributed by atoms with van der Waals surface area (Å²) in [6.07, 6.45) is 4.63. The molecule has 2 aromatic carbocycles. The van der Waals surface area contributed by atoms with Gasteiger partial charge in [-0.3, -0.25) is 4.98 Å². The number of aromatic nitrogens is 1. The molecule has 1 aliphatic carbocycles. The molecule has 0 saturated heterocycles. The lowest BCUT2D eigenvalue weighted by Crippen LogP contribution is -2.13. The molecule has 0 bridgehead atoms. The Bertz CT molecular complexity index is 968. The summed E-state index contributed by atoms with van der Waals surface area (Å²) in [6, 6.07) is 14.9. The molecule has 140 valence electrons. The minimum atomic E-state index is 0.113. The Morgan fingerprint density at radius 3 is 2.41 bits per heavy atom. The lowest BCUT2D eigenvalue weighted by molar-refractivity contribution is 0.415. The van der Waals surface area contributed by atoms with E-state index in [1.54, 1.807) is 7.11 Å². The average Bonchev–Trinajstić information content (AvgIpc) is 2.67. The smallest absolute Gasteiger partial charge is 0.119 e. The number of benzene rings is 2. The van der Waals surface area contributed by atoms with Crippen molar-refractivity contribution >= 4 is 22.3 Å². The summed E-state index contributed by atoms with van der Waals surface area (Å²) in [4.78, 5) is 5.01. The molecule has 3 heteroatoms. The molecule has 27 heavy (non-hydrogen) atoms. The van der Waals surface area contributed by atoms with Gasteiger partial charge in [-0.25, -0.2) is 0 Å². The normalized spacial score (nSPS) is 14.1. The average molecular weight is 361 g/mol. The summed E-state index contributed by atoms with van der Waals surface area (Å²) >= 11 is 0. The maximum Gasteiger partial charge on any atom is 0.119 e. The zero-order valence-corrected chi connectivity index (χ0v) is 16.7. The van der Waals surface area contributed by atoms with Crippen LogP contribution in [0.4, 0.5) is 11.4 Å². The number of pyridine rings is 1. The predicted molar refractivity (Wildman–Crippen MR) is 113 cm³/mol. The molecule has 1 aliphatic rings. The number of fused-ring (bicyclic) bond motifs is 2. The van der Waals surface area contributed by atoms with Gasteiger partial charge in [0.05, 0.1) is 18.3 Å². The van der Waals surface area contributed by atoms with E-state index in [9.17, 15) is 0 Å². The van der Waals surface area contributed by atoms with Crippen molar-refractivity contribution < 1.29 is 4.74 Å². The lowest BCUT2D eigenvalue weighted by Gasteiger charge is -2.24. The molecule has 0 atom stereocenters. The SMILES string of the molecule is COc1ccc(Nc2c3c(nc4ccc(C(C)(C)C)cc24)CCCC3)cc1. The van der Waals surface area contributed by atoms with Gasteiger partial charge < -0.3 is 10.1 Å². The molecular formula is C24H28N2O. The highest BCUT2D eigenvalue weighted by atomic mass is 16.5. The van der Waals surface area contributed by atoms with Crippen LogP contribution in [-0.4, -0.2) is 12.1 Å². The first-order valence-corrected chi connectivity index (χ1v) is 9.83. The van der Waals surface area contributed by atoms with Crippen molar-refractivity contribution in [2.45, 2.75) is 51.9 Å². The van der Waals surface area contributed by atoms with Gasteiger partial charge >= 0.3 is 0 Å². The topological polar surface area (TPSA) is 34.1 Å². The third kappa shape index (κ3) is 3.51. The summed E-state index contributed by atoms with van der Waals surface area (Å²) in [6.45, 7) is 6.78. The summed E-state index contributed by atoms with van der Waals surface area (Å²) in [5, 5.41) is 4.93. The molecule has 0 saturated carbocycles. The van der Waals surface area contributed by atoms with Crippen LogP contribution in [0.5, 0.6) is 5.75 Å². The molecular weight excluding hydrogens is 332 g/mol. The van der Waals surface area contributed by atoms with Crippen molar-refractivity contribution in [3.63, 3.8) is 0 Å². The summed E-state index contributed by atoms with van der Waals surface area (Å²) in [5.74, 6) is 0.872. The first-order valence-electron chi connectivity index (χ1n) is 9.83. The van der Waals surface area contributed by atoms with Crippen molar-refractivity contribution in [3.05, 3.63) is 59.3 Å². The van der Waals surface area contributed by atoms with E-state index in [2.05, 4.69) is 56.4 Å². The Kier molecular flexibility index (Phi) is 4.55. The van der Waals surface area contributed by atoms with E-state index in [0.717, 1.165) is 29.8 Å². The van der Waals surface area contributed by atoms with Crippen molar-refractivity contribution in [2.24, 2.45) is 0 Å². The number of rotatable bonds is 3. The number of aryl methyl sites for hydroxylation is 1. The van der Waals surface area contributed by atoms with E-state index in [-0.39, 0.29) is 5.41 Å². The van der Waals surface area contributed by atoms with E-state index in [4.69, 9.17) is 9.72 Å². The first-order chi connectivity index (χ1) is 13.0. The molecule has 0 unspecified atom stereocenters. The van der Waals surface area contributed by atoms with Crippen molar-refractivity contribution in [1.29, 1.82) is 0 Å². The molecule has 0 fully saturated rings. The van der Waals surface area contributed by atoms with Crippen molar-refractivity contribution in [1.82, 2.24) is 4.98 Å². The van der Waals surface area contributed by atoms with E-state index in [1.165, 1.54) is 40.7 Å². The van der Waals surface area contributed by atoms with Crippen LogP contribution in [0.25, 0.3) is 10.9 Å². The fraction of sp³-hybridized carbons (Fsp3) is 0.375. The fourth-order valence-electron chi connectivity index (χ4n) is 3.85. The van der Waals surface area contributed by atoms with Gasteiger partial charge in [0, 0.05) is 16.8 Å². The predicted octanol–water partition coefficient (Wildman–Crippen LogP) is 6.16. The molecule has 3 aromatic rings. The highest BCUT2D eigenvalue weighted by molar-refractivity contribution is 5.96. The van der Waals surface area contributed by atoms with Crippen LogP contribution in [0, 0.1) is 0 Å². The molecule has 0 spiro atoms. The maximum atomic E-state index is 5.30. The second kappa shape index (κ2) is 6.88. The Labute approximate surface area is 161 Å². The zero-order chi connectivity index (χ0) is 19.0. The largest absolute Gasteiger partial charge is 0.497 e. The van der Waals surface area contributed by atoms with Crippen LogP contribution in [0.2, 0.25) is 0 Å². The lowest BCUT2D eigenvalue weighted by atomic mass is 9.85. The van der Waals surface area contributed by atoms with Crippen LogP contribution < -0.4 is 10.1 Å². The monoisotopic (exact) mass is 360 g/mol. The van der Waals surface area contributed by atoms with Gasteiger partial charge in [0.15, 0.2) is 0 Å². The minimum Gasteiger partial charge on any atom is -0.497 e. The number of nitrogens with one attached hydrogen (secondary N) is 1. The third-order valence-corrected chi connectivity index (χ3v) is 5.49. The van der Waals surface area contributed by atoms with E-state index in [1.807, 2.05) is 12.1 Å². The van der Waals surface area contributed by atoms with Gasteiger partial charge in [0.1, 0.15) is 5.75 Å². The number of methoxy groups -OCH3 is 1. The van der Waals surface area contributed by atoms with E-state index in [0.29, 0.717) is 0 Å². The second-order valence-corrected chi connectivity index (χ2v) is 8.45. The number of ether oxygens (including phenoxy) is 1. The Morgan fingerprint density at radius 2 is 1.70 bits per heavy atom. The van der Waals surface area contributed by atoms with Crippen molar-refractivity contribution in [2.75, 3.05) is 12.4 Å². The standard InChI is InChI=1S/C24H28N2O/c1-24(2,3)16-9-14-22-20(15-16)23(19-7-5-6-8-21(19)26-22)25-17-10-12-18(27-4)13-11-17/h9-15H,5-8H2,1-4H3,(H,25,26). The van der Waals surface area contributed by atoms with Crippen LogP contribution in [-0.2, 0) is 18.3 Å². The Hall–Kier alpha value is -2.55. The number of hydrogen-bond donors (Lipinski definition) is 1. The van der Waals surface area contributed by atoms with Crippen LogP contribution in [0.1, 0.15) is 50.4 Å². The zero-order valence-electron chi connectivity index (χ0n) is 16.7. The summed E-state index contributed by atoms with van der Waals surface area (Å²) in [5.41, 5.74) is 7.48. The molecule has 3 nitrogen and oxygen atoms in total. The molecule has 1 aromatic heterocycles. The highest BCUT2D eigenvalue weighted by Gasteiger charge is 2.21. The first kappa shape index (κ1) is 17.8. The minimum absolute atomic E-state index is 0.113. The van der Waals surface area contributed by atoms with Crippen LogP contribution in [0.15, 0.2) is 42.5 Å². The molecule has 0 amide bonds. The molecule has 0 radical (unpaired) electrons. The van der Waals surface area contributed by atoms with Crippen LogP contribution in [0.3, 0.4) is 0 Å².